The van der Waals surface area contributed by atoms with Gasteiger partial charge in [0.15, 0.2) is 0 Å². The molecule has 1 saturated heterocycles. The molecular weight excluding hydrogens is 374 g/mol. The molecule has 0 saturated carbocycles. The van der Waals surface area contributed by atoms with E-state index in [4.69, 9.17) is 4.98 Å². The molecule has 4 aromatic heterocycles. The third-order valence-electron chi connectivity index (χ3n) is 5.67. The predicted octanol–water partition coefficient (Wildman–Crippen LogP) is 3.94. The second-order valence-corrected chi connectivity index (χ2v) is 8.10. The molecule has 0 aromatic carbocycles. The smallest absolute Gasteiger partial charge is 0.230 e. The molecule has 154 valence electrons. The summed E-state index contributed by atoms with van der Waals surface area (Å²) in [5.41, 5.74) is 4.45. The highest BCUT2D eigenvalue weighted by Crippen LogP contribution is 2.25. The van der Waals surface area contributed by atoms with Crippen molar-refractivity contribution in [2.75, 3.05) is 36.4 Å². The van der Waals surface area contributed by atoms with E-state index < -0.39 is 0 Å². The Labute approximate surface area is 176 Å². The highest BCUT2D eigenvalue weighted by atomic mass is 15.2. The fraction of sp³-hybridized carbons (Fsp3) is 0.348. The van der Waals surface area contributed by atoms with E-state index >= 15 is 0 Å². The van der Waals surface area contributed by atoms with Crippen molar-refractivity contribution in [2.24, 2.45) is 0 Å². The maximum absolute atomic E-state index is 4.82. The van der Waals surface area contributed by atoms with Crippen molar-refractivity contribution < 1.29 is 0 Å². The minimum atomic E-state index is 0.410. The molecule has 0 unspecified atom stereocenters. The van der Waals surface area contributed by atoms with Crippen molar-refractivity contribution in [3.8, 4) is 0 Å². The van der Waals surface area contributed by atoms with Gasteiger partial charge in [-0.2, -0.15) is 4.98 Å². The zero-order valence-electron chi connectivity index (χ0n) is 17.5. The fourth-order valence-electron chi connectivity index (χ4n) is 4.07. The van der Waals surface area contributed by atoms with Crippen LogP contribution in [0.4, 0.5) is 17.5 Å². The predicted molar refractivity (Wildman–Crippen MR) is 122 cm³/mol. The fourth-order valence-corrected chi connectivity index (χ4v) is 4.07. The molecule has 0 spiro atoms. The lowest BCUT2D eigenvalue weighted by Crippen LogP contribution is -2.27. The van der Waals surface area contributed by atoms with E-state index in [1.165, 1.54) is 5.69 Å². The third kappa shape index (κ3) is 3.57. The second-order valence-electron chi connectivity index (χ2n) is 8.10. The number of rotatable bonds is 4. The van der Waals surface area contributed by atoms with Gasteiger partial charge in [0.25, 0.3) is 0 Å². The molecule has 2 N–H and O–H groups in total. The molecule has 5 rings (SSSR count). The van der Waals surface area contributed by atoms with Gasteiger partial charge in [-0.3, -0.25) is 4.40 Å². The van der Waals surface area contributed by atoms with Gasteiger partial charge in [0.1, 0.15) is 11.5 Å². The van der Waals surface area contributed by atoms with E-state index in [0.29, 0.717) is 11.9 Å². The van der Waals surface area contributed by atoms with E-state index in [0.717, 1.165) is 60.7 Å². The summed E-state index contributed by atoms with van der Waals surface area (Å²) in [7, 11) is 0. The van der Waals surface area contributed by atoms with Crippen LogP contribution in [0.2, 0.25) is 0 Å². The lowest BCUT2D eigenvalue weighted by atomic mass is 10.1. The van der Waals surface area contributed by atoms with Gasteiger partial charge in [0, 0.05) is 42.4 Å². The first-order chi connectivity index (χ1) is 14.7. The first kappa shape index (κ1) is 18.8. The largest absolute Gasteiger partial charge is 0.369 e. The summed E-state index contributed by atoms with van der Waals surface area (Å²) >= 11 is 0. The number of hydrogen-bond acceptors (Lipinski definition) is 6. The van der Waals surface area contributed by atoms with Crippen LogP contribution in [0.1, 0.15) is 31.9 Å². The quantitative estimate of drug-likeness (QED) is 0.540. The van der Waals surface area contributed by atoms with Gasteiger partial charge >= 0.3 is 0 Å². The summed E-state index contributed by atoms with van der Waals surface area (Å²) in [5, 5.41) is 7.72. The van der Waals surface area contributed by atoms with Crippen molar-refractivity contribution in [2.45, 2.75) is 26.2 Å². The summed E-state index contributed by atoms with van der Waals surface area (Å²) in [6.45, 7) is 8.56. The molecule has 0 bridgehead atoms. The highest BCUT2D eigenvalue weighted by Gasteiger charge is 2.12. The lowest BCUT2D eigenvalue weighted by Gasteiger charge is -2.21. The Balaban J connectivity index is 1.43. The maximum atomic E-state index is 4.82. The summed E-state index contributed by atoms with van der Waals surface area (Å²) in [6, 6.07) is 12.6. The van der Waals surface area contributed by atoms with Crippen LogP contribution in [-0.4, -0.2) is 45.5 Å². The summed E-state index contributed by atoms with van der Waals surface area (Å²) in [5.74, 6) is 1.71. The van der Waals surface area contributed by atoms with Crippen molar-refractivity contribution in [1.82, 2.24) is 24.7 Å². The van der Waals surface area contributed by atoms with Crippen LogP contribution >= 0.6 is 0 Å². The van der Waals surface area contributed by atoms with Crippen LogP contribution < -0.4 is 15.5 Å². The molecule has 0 amide bonds. The van der Waals surface area contributed by atoms with Crippen LogP contribution in [0.25, 0.3) is 16.6 Å². The van der Waals surface area contributed by atoms with Gasteiger partial charge in [-0.15, -0.1) is 0 Å². The third-order valence-corrected chi connectivity index (χ3v) is 5.67. The minimum Gasteiger partial charge on any atom is -0.369 e. The summed E-state index contributed by atoms with van der Waals surface area (Å²) in [6.07, 6.45) is 4.94. The van der Waals surface area contributed by atoms with Gasteiger partial charge < -0.3 is 15.5 Å². The SMILES string of the molecule is CC(C)c1ccc2ccc3cnc(Nc4ccc(N5CCCNCC5)cn4)nc3n12. The number of aromatic nitrogens is 4. The molecular formula is C23H27N7. The Kier molecular flexibility index (Phi) is 4.96. The van der Waals surface area contributed by atoms with Crippen LogP contribution in [0.3, 0.4) is 0 Å². The molecule has 0 aliphatic carbocycles. The van der Waals surface area contributed by atoms with E-state index in [9.17, 15) is 0 Å². The van der Waals surface area contributed by atoms with Crippen LogP contribution in [0, 0.1) is 0 Å². The van der Waals surface area contributed by atoms with Crippen molar-refractivity contribution >= 4 is 34.0 Å². The zero-order valence-corrected chi connectivity index (χ0v) is 17.5. The highest BCUT2D eigenvalue weighted by molar-refractivity contribution is 5.80. The normalized spacial score (nSPS) is 15.1. The average molecular weight is 402 g/mol. The van der Waals surface area contributed by atoms with Crippen molar-refractivity contribution in [3.05, 3.63) is 54.5 Å². The number of nitrogens with zero attached hydrogens (tertiary/aromatic N) is 5. The molecule has 4 aromatic rings. The zero-order chi connectivity index (χ0) is 20.5. The first-order valence-corrected chi connectivity index (χ1v) is 10.6. The van der Waals surface area contributed by atoms with Gasteiger partial charge in [-0.25, -0.2) is 9.97 Å². The summed E-state index contributed by atoms with van der Waals surface area (Å²) < 4.78 is 2.22. The Morgan fingerprint density at radius 3 is 2.70 bits per heavy atom. The first-order valence-electron chi connectivity index (χ1n) is 10.6. The monoisotopic (exact) mass is 401 g/mol. The minimum absolute atomic E-state index is 0.410. The molecule has 0 radical (unpaired) electrons. The molecule has 0 atom stereocenters. The Morgan fingerprint density at radius 1 is 0.967 bits per heavy atom. The van der Waals surface area contributed by atoms with Gasteiger partial charge in [0.05, 0.1) is 11.9 Å². The molecule has 7 heteroatoms. The van der Waals surface area contributed by atoms with Gasteiger partial charge in [0.2, 0.25) is 5.95 Å². The number of hydrogen-bond donors (Lipinski definition) is 2. The number of anilines is 3. The number of fused-ring (bicyclic) bond motifs is 3. The van der Waals surface area contributed by atoms with Crippen molar-refractivity contribution in [3.63, 3.8) is 0 Å². The molecule has 5 heterocycles. The number of pyridine rings is 2. The number of nitrogens with one attached hydrogen (secondary N) is 2. The standard InChI is InChI=1S/C23H27N7/c1-16(2)20-8-6-18-5-4-17-14-26-23(28-22(17)30(18)20)27-21-9-7-19(15-25-21)29-12-3-10-24-11-13-29/h4-9,14-16,24H,3,10-13H2,1-2H3,(H,25,26,27,28). The van der Waals surface area contributed by atoms with Crippen LogP contribution in [0.15, 0.2) is 48.8 Å². The lowest BCUT2D eigenvalue weighted by molar-refractivity contribution is 0.724. The van der Waals surface area contributed by atoms with E-state index in [2.05, 4.69) is 74.1 Å². The van der Waals surface area contributed by atoms with Gasteiger partial charge in [-0.05, 0) is 55.3 Å². The molecule has 1 aliphatic rings. The average Bonchev–Trinajstić information content (AvgIpc) is 3.02. The van der Waals surface area contributed by atoms with E-state index in [-0.39, 0.29) is 0 Å². The van der Waals surface area contributed by atoms with Crippen LogP contribution in [-0.2, 0) is 0 Å². The van der Waals surface area contributed by atoms with E-state index in [1.807, 2.05) is 18.5 Å². The Morgan fingerprint density at radius 2 is 1.87 bits per heavy atom. The van der Waals surface area contributed by atoms with Gasteiger partial charge in [-0.1, -0.05) is 13.8 Å². The van der Waals surface area contributed by atoms with Crippen molar-refractivity contribution in [1.29, 1.82) is 0 Å². The van der Waals surface area contributed by atoms with Crippen LogP contribution in [0.5, 0.6) is 0 Å². The molecule has 1 fully saturated rings. The second kappa shape index (κ2) is 7.91. The molecule has 30 heavy (non-hydrogen) atoms. The van der Waals surface area contributed by atoms with E-state index in [1.54, 1.807) is 0 Å². The molecule has 1 aliphatic heterocycles. The Hall–Kier alpha value is -3.19. The maximum Gasteiger partial charge on any atom is 0.230 e. The Bertz CT molecular complexity index is 1160. The summed E-state index contributed by atoms with van der Waals surface area (Å²) in [4.78, 5) is 16.3. The molecule has 7 nitrogen and oxygen atoms in total. The topological polar surface area (TPSA) is 70.4 Å².